The first kappa shape index (κ1) is 18.1. The maximum absolute atomic E-state index is 12.4. The molecule has 1 atom stereocenters. The molecular formula is C13H18Cl2N4OS. The van der Waals surface area contributed by atoms with Crippen molar-refractivity contribution in [1.82, 2.24) is 15.2 Å². The van der Waals surface area contributed by atoms with Gasteiger partial charge in [0.05, 0.1) is 11.9 Å². The number of aromatic nitrogens is 1. The number of hydrogen-bond donors (Lipinski definition) is 1. The normalized spacial score (nSPS) is 21.7. The fourth-order valence-electron chi connectivity index (χ4n) is 2.61. The van der Waals surface area contributed by atoms with E-state index >= 15 is 0 Å². The molecule has 2 fully saturated rings. The summed E-state index contributed by atoms with van der Waals surface area (Å²) in [5, 5.41) is 3.59. The van der Waals surface area contributed by atoms with Crippen LogP contribution in [0.25, 0.3) is 0 Å². The zero-order valence-corrected chi connectivity index (χ0v) is 13.8. The average Bonchev–Trinajstić information content (AvgIpc) is 3.01. The topological polar surface area (TPSA) is 48.5 Å². The van der Waals surface area contributed by atoms with Gasteiger partial charge in [-0.2, -0.15) is 0 Å². The van der Waals surface area contributed by atoms with Crippen molar-refractivity contribution in [3.63, 3.8) is 0 Å². The van der Waals surface area contributed by atoms with E-state index in [1.54, 1.807) is 23.4 Å². The van der Waals surface area contributed by atoms with E-state index in [4.69, 9.17) is 12.2 Å². The van der Waals surface area contributed by atoms with Crippen LogP contribution < -0.4 is 10.2 Å². The van der Waals surface area contributed by atoms with E-state index in [-0.39, 0.29) is 36.8 Å². The largest absolute Gasteiger partial charge is 0.349 e. The Hall–Kier alpha value is -0.950. The van der Waals surface area contributed by atoms with Crippen LogP contribution in [0.5, 0.6) is 0 Å². The number of hydrogen-bond acceptors (Lipinski definition) is 4. The zero-order chi connectivity index (χ0) is 13.2. The first-order valence-electron chi connectivity index (χ1n) is 6.52. The number of likely N-dealkylation sites (tertiary alicyclic amines) is 1. The standard InChI is InChI=1S/C13H16N4OS.2ClH/c18-12-11(9-16-6-1-2-7-16)15-13(19)17(12)10-4-3-5-14-8-10;;/h3-5,8,11H,1-2,6-7,9H2,(H,15,19);2*1H. The minimum absolute atomic E-state index is 0. The molecule has 5 nitrogen and oxygen atoms in total. The Morgan fingerprint density at radius 1 is 1.33 bits per heavy atom. The van der Waals surface area contributed by atoms with Crippen LogP contribution in [0.4, 0.5) is 5.69 Å². The number of nitrogens with one attached hydrogen (secondary N) is 1. The lowest BCUT2D eigenvalue weighted by atomic mass is 10.2. The third kappa shape index (κ3) is 3.83. The summed E-state index contributed by atoms with van der Waals surface area (Å²) in [6.07, 6.45) is 5.78. The Balaban J connectivity index is 0.00000110. The first-order chi connectivity index (χ1) is 9.25. The lowest BCUT2D eigenvalue weighted by molar-refractivity contribution is -0.118. The molecule has 0 bridgehead atoms. The highest BCUT2D eigenvalue weighted by molar-refractivity contribution is 7.80. The number of amides is 1. The highest BCUT2D eigenvalue weighted by Crippen LogP contribution is 2.19. The summed E-state index contributed by atoms with van der Waals surface area (Å²) >= 11 is 5.27. The van der Waals surface area contributed by atoms with Gasteiger partial charge in [-0.3, -0.25) is 14.7 Å². The van der Waals surface area contributed by atoms with Crippen LogP contribution in [-0.2, 0) is 4.79 Å². The lowest BCUT2D eigenvalue weighted by Crippen LogP contribution is -2.41. The van der Waals surface area contributed by atoms with Crippen molar-refractivity contribution in [2.75, 3.05) is 24.5 Å². The van der Waals surface area contributed by atoms with E-state index in [1.807, 2.05) is 6.07 Å². The quantitative estimate of drug-likeness (QED) is 0.841. The fourth-order valence-corrected chi connectivity index (χ4v) is 2.95. The summed E-state index contributed by atoms with van der Waals surface area (Å²) < 4.78 is 0. The highest BCUT2D eigenvalue weighted by Gasteiger charge is 2.37. The van der Waals surface area contributed by atoms with E-state index < -0.39 is 0 Å². The second kappa shape index (κ2) is 7.89. The summed E-state index contributed by atoms with van der Waals surface area (Å²) in [7, 11) is 0. The van der Waals surface area contributed by atoms with Gasteiger partial charge >= 0.3 is 0 Å². The molecule has 2 saturated heterocycles. The minimum atomic E-state index is -0.231. The van der Waals surface area contributed by atoms with Crippen LogP contribution in [0.3, 0.4) is 0 Å². The van der Waals surface area contributed by atoms with E-state index in [0.717, 1.165) is 25.3 Å². The third-order valence-corrected chi connectivity index (χ3v) is 3.86. The maximum atomic E-state index is 12.4. The van der Waals surface area contributed by atoms with E-state index in [0.29, 0.717) is 5.11 Å². The van der Waals surface area contributed by atoms with Crippen molar-refractivity contribution < 1.29 is 4.79 Å². The van der Waals surface area contributed by atoms with Crippen LogP contribution in [0.1, 0.15) is 12.8 Å². The summed E-state index contributed by atoms with van der Waals surface area (Å²) in [6, 6.07) is 3.42. The van der Waals surface area contributed by atoms with Crippen LogP contribution in [0.2, 0.25) is 0 Å². The van der Waals surface area contributed by atoms with Gasteiger partial charge in [-0.25, -0.2) is 0 Å². The Kier molecular flexibility index (Phi) is 6.80. The van der Waals surface area contributed by atoms with Gasteiger partial charge in [-0.1, -0.05) is 0 Å². The van der Waals surface area contributed by atoms with Crippen molar-refractivity contribution in [1.29, 1.82) is 0 Å². The fraction of sp³-hybridized carbons (Fsp3) is 0.462. The Labute approximate surface area is 141 Å². The molecule has 2 aliphatic rings. The van der Waals surface area contributed by atoms with Gasteiger partial charge in [0.25, 0.3) is 5.91 Å². The molecular weight excluding hydrogens is 331 g/mol. The molecule has 0 radical (unpaired) electrons. The third-order valence-electron chi connectivity index (χ3n) is 3.56. The van der Waals surface area contributed by atoms with Crippen LogP contribution in [0.15, 0.2) is 24.5 Å². The number of thiocarbonyl (C=S) groups is 1. The molecule has 8 heteroatoms. The van der Waals surface area contributed by atoms with Crippen molar-refractivity contribution in [2.24, 2.45) is 0 Å². The molecule has 21 heavy (non-hydrogen) atoms. The second-order valence-electron chi connectivity index (χ2n) is 4.89. The zero-order valence-electron chi connectivity index (χ0n) is 11.4. The predicted molar refractivity (Wildman–Crippen MR) is 91.4 cm³/mol. The van der Waals surface area contributed by atoms with Crippen molar-refractivity contribution in [3.8, 4) is 0 Å². The highest BCUT2D eigenvalue weighted by atomic mass is 35.5. The minimum Gasteiger partial charge on any atom is -0.349 e. The van der Waals surface area contributed by atoms with Gasteiger partial charge in [0.2, 0.25) is 0 Å². The molecule has 3 rings (SSSR count). The summed E-state index contributed by atoms with van der Waals surface area (Å²) in [4.78, 5) is 20.3. The van der Waals surface area contributed by atoms with Gasteiger partial charge < -0.3 is 10.2 Å². The summed E-state index contributed by atoms with van der Waals surface area (Å²) in [5.74, 6) is 0.0184. The number of rotatable bonds is 3. The molecule has 1 unspecified atom stereocenters. The number of carbonyl (C=O) groups is 1. The number of anilines is 1. The molecule has 3 heterocycles. The Morgan fingerprint density at radius 2 is 2.05 bits per heavy atom. The van der Waals surface area contributed by atoms with E-state index in [2.05, 4.69) is 15.2 Å². The molecule has 0 saturated carbocycles. The molecule has 0 spiro atoms. The SMILES string of the molecule is Cl.Cl.O=C1C(CN2CCCC2)NC(=S)N1c1cccnc1. The molecule has 116 valence electrons. The van der Waals surface area contributed by atoms with Crippen LogP contribution in [0, 0.1) is 0 Å². The molecule has 1 aromatic rings. The predicted octanol–water partition coefficient (Wildman–Crippen LogP) is 1.61. The van der Waals surface area contributed by atoms with Gasteiger partial charge in [-0.15, -0.1) is 24.8 Å². The molecule has 0 aliphatic carbocycles. The van der Waals surface area contributed by atoms with Crippen molar-refractivity contribution in [3.05, 3.63) is 24.5 Å². The number of nitrogens with zero attached hydrogens (tertiary/aromatic N) is 3. The molecule has 1 aromatic heterocycles. The van der Waals surface area contributed by atoms with E-state index in [9.17, 15) is 4.79 Å². The monoisotopic (exact) mass is 348 g/mol. The molecule has 0 aromatic carbocycles. The van der Waals surface area contributed by atoms with Gasteiger partial charge in [0.1, 0.15) is 6.04 Å². The van der Waals surface area contributed by atoms with Crippen molar-refractivity contribution in [2.45, 2.75) is 18.9 Å². The van der Waals surface area contributed by atoms with Crippen molar-refractivity contribution >= 4 is 53.7 Å². The Bertz CT molecular complexity index is 496. The van der Waals surface area contributed by atoms with Gasteiger partial charge in [0, 0.05) is 12.7 Å². The van der Waals surface area contributed by atoms with Gasteiger partial charge in [-0.05, 0) is 50.3 Å². The number of halogens is 2. The second-order valence-corrected chi connectivity index (χ2v) is 5.28. The molecule has 1 amide bonds. The molecule has 1 N–H and O–H groups in total. The lowest BCUT2D eigenvalue weighted by Gasteiger charge is -2.18. The van der Waals surface area contributed by atoms with Gasteiger partial charge in [0.15, 0.2) is 5.11 Å². The average molecular weight is 349 g/mol. The van der Waals surface area contributed by atoms with Crippen LogP contribution >= 0.6 is 37.0 Å². The molecule has 2 aliphatic heterocycles. The van der Waals surface area contributed by atoms with E-state index in [1.165, 1.54) is 12.8 Å². The summed E-state index contributed by atoms with van der Waals surface area (Å²) in [6.45, 7) is 2.88. The smallest absolute Gasteiger partial charge is 0.257 e. The van der Waals surface area contributed by atoms with Crippen LogP contribution in [-0.4, -0.2) is 46.6 Å². The summed E-state index contributed by atoms with van der Waals surface area (Å²) in [5.41, 5.74) is 0.730. The number of carbonyl (C=O) groups excluding carboxylic acids is 1. The maximum Gasteiger partial charge on any atom is 0.257 e. The first-order valence-corrected chi connectivity index (χ1v) is 6.93. The Morgan fingerprint density at radius 3 is 2.67 bits per heavy atom. The number of pyridine rings is 1.